The van der Waals surface area contributed by atoms with E-state index in [1.807, 2.05) is 17.0 Å². The maximum absolute atomic E-state index is 12.7. The lowest BCUT2D eigenvalue weighted by Crippen LogP contribution is -2.32. The molecule has 0 radical (unpaired) electrons. The number of carbonyl (C=O) groups excluding carboxylic acids is 1. The third-order valence-electron chi connectivity index (χ3n) is 3.95. The number of rotatable bonds is 7. The minimum atomic E-state index is 0.102. The molecule has 0 N–H and O–H groups in total. The molecule has 0 bridgehead atoms. The predicted molar refractivity (Wildman–Crippen MR) is 98.8 cm³/mol. The fourth-order valence-electron chi connectivity index (χ4n) is 2.77. The van der Waals surface area contributed by atoms with Crippen LogP contribution in [-0.4, -0.2) is 43.3 Å². The number of hydrogen-bond acceptors (Lipinski definition) is 5. The van der Waals surface area contributed by atoms with Gasteiger partial charge in [-0.05, 0) is 60.4 Å². The first-order valence-corrected chi connectivity index (χ1v) is 9.72. The lowest BCUT2D eigenvalue weighted by molar-refractivity contribution is -0.126. The standard InChI is InChI=1S/C17H20ClN5OS/c1-2-11-22(14-5-3-4-6-14)16(24)12-25-17-19-20-21-23(17)15-9-7-13(18)8-10-15/h5,7-10H,2-4,6,11-12H2,1H3. The molecule has 0 unspecified atom stereocenters. The Morgan fingerprint density at radius 1 is 1.36 bits per heavy atom. The highest BCUT2D eigenvalue weighted by Crippen LogP contribution is 2.24. The van der Waals surface area contributed by atoms with Crippen molar-refractivity contribution in [2.24, 2.45) is 0 Å². The molecule has 0 spiro atoms. The average molecular weight is 378 g/mol. The Hall–Kier alpha value is -1.86. The second-order valence-electron chi connectivity index (χ2n) is 5.77. The Kier molecular flexibility index (Phi) is 6.09. The number of tetrazole rings is 1. The molecule has 0 aliphatic heterocycles. The number of benzene rings is 1. The molecule has 0 saturated carbocycles. The van der Waals surface area contributed by atoms with Gasteiger partial charge in [0.15, 0.2) is 0 Å². The van der Waals surface area contributed by atoms with Gasteiger partial charge >= 0.3 is 0 Å². The van der Waals surface area contributed by atoms with Crippen LogP contribution in [0.1, 0.15) is 32.6 Å². The second kappa shape index (κ2) is 8.49. The van der Waals surface area contributed by atoms with Gasteiger partial charge in [-0.15, -0.1) is 5.10 Å². The minimum Gasteiger partial charge on any atom is -0.316 e. The average Bonchev–Trinajstić information content (AvgIpc) is 3.30. The number of carbonyl (C=O) groups is 1. The Morgan fingerprint density at radius 3 is 2.84 bits per heavy atom. The van der Waals surface area contributed by atoms with Crippen molar-refractivity contribution in [3.63, 3.8) is 0 Å². The summed E-state index contributed by atoms with van der Waals surface area (Å²) in [5, 5.41) is 13.0. The van der Waals surface area contributed by atoms with Crippen molar-refractivity contribution in [1.82, 2.24) is 25.1 Å². The molecule has 3 rings (SSSR count). The number of nitrogens with zero attached hydrogens (tertiary/aromatic N) is 5. The minimum absolute atomic E-state index is 0.102. The monoisotopic (exact) mass is 377 g/mol. The summed E-state index contributed by atoms with van der Waals surface area (Å²) < 4.78 is 1.62. The van der Waals surface area contributed by atoms with E-state index in [0.29, 0.717) is 15.9 Å². The van der Waals surface area contributed by atoms with Crippen LogP contribution in [0.5, 0.6) is 0 Å². The summed E-state index contributed by atoms with van der Waals surface area (Å²) in [6.07, 6.45) is 6.29. The summed E-state index contributed by atoms with van der Waals surface area (Å²) in [4.78, 5) is 14.6. The number of hydrogen-bond donors (Lipinski definition) is 0. The molecule has 1 aliphatic carbocycles. The fourth-order valence-corrected chi connectivity index (χ4v) is 3.66. The van der Waals surface area contributed by atoms with Crippen molar-refractivity contribution in [3.05, 3.63) is 41.1 Å². The topological polar surface area (TPSA) is 63.9 Å². The zero-order chi connectivity index (χ0) is 17.6. The Labute approximate surface area is 156 Å². The van der Waals surface area contributed by atoms with Gasteiger partial charge in [0.2, 0.25) is 11.1 Å². The molecule has 0 atom stereocenters. The van der Waals surface area contributed by atoms with E-state index in [1.54, 1.807) is 16.8 Å². The zero-order valence-electron chi connectivity index (χ0n) is 14.1. The fraction of sp³-hybridized carbons (Fsp3) is 0.412. The van der Waals surface area contributed by atoms with E-state index < -0.39 is 0 Å². The highest BCUT2D eigenvalue weighted by atomic mass is 35.5. The van der Waals surface area contributed by atoms with Crippen molar-refractivity contribution in [1.29, 1.82) is 0 Å². The molecule has 1 aromatic carbocycles. The van der Waals surface area contributed by atoms with Gasteiger partial charge in [0, 0.05) is 17.3 Å². The molecular formula is C17H20ClN5OS. The van der Waals surface area contributed by atoms with Crippen LogP contribution in [0.15, 0.2) is 41.2 Å². The number of amides is 1. The first kappa shape index (κ1) is 17.9. The second-order valence-corrected chi connectivity index (χ2v) is 7.15. The molecule has 1 amide bonds. The zero-order valence-corrected chi connectivity index (χ0v) is 15.6. The van der Waals surface area contributed by atoms with Gasteiger partial charge in [0.25, 0.3) is 0 Å². The smallest absolute Gasteiger partial charge is 0.237 e. The van der Waals surface area contributed by atoms with Gasteiger partial charge in [0.1, 0.15) is 0 Å². The van der Waals surface area contributed by atoms with E-state index >= 15 is 0 Å². The van der Waals surface area contributed by atoms with Crippen LogP contribution in [-0.2, 0) is 4.79 Å². The van der Waals surface area contributed by atoms with Crippen molar-refractivity contribution < 1.29 is 4.79 Å². The lowest BCUT2D eigenvalue weighted by Gasteiger charge is -2.23. The summed E-state index contributed by atoms with van der Waals surface area (Å²) >= 11 is 7.27. The highest BCUT2D eigenvalue weighted by molar-refractivity contribution is 7.99. The molecule has 6 nitrogen and oxygen atoms in total. The van der Waals surface area contributed by atoms with Crippen LogP contribution in [0.2, 0.25) is 5.02 Å². The van der Waals surface area contributed by atoms with E-state index in [2.05, 4.69) is 28.5 Å². The van der Waals surface area contributed by atoms with Crippen LogP contribution < -0.4 is 0 Å². The Bertz CT molecular complexity index is 759. The Balaban J connectivity index is 1.68. The quantitative estimate of drug-likeness (QED) is 0.688. The molecular weight excluding hydrogens is 358 g/mol. The third kappa shape index (κ3) is 4.41. The SMILES string of the molecule is CCCN(C(=O)CSc1nnnn1-c1ccc(Cl)cc1)C1=CCCC1. The summed E-state index contributed by atoms with van der Waals surface area (Å²) in [5.41, 5.74) is 1.97. The Morgan fingerprint density at radius 2 is 2.16 bits per heavy atom. The van der Waals surface area contributed by atoms with E-state index in [9.17, 15) is 4.79 Å². The summed E-state index contributed by atoms with van der Waals surface area (Å²) in [6, 6.07) is 7.26. The van der Waals surface area contributed by atoms with Crippen molar-refractivity contribution in [3.8, 4) is 5.69 Å². The van der Waals surface area contributed by atoms with Gasteiger partial charge < -0.3 is 4.90 Å². The van der Waals surface area contributed by atoms with Crippen molar-refractivity contribution in [2.75, 3.05) is 12.3 Å². The molecule has 1 aliphatic rings. The molecule has 0 saturated heterocycles. The highest BCUT2D eigenvalue weighted by Gasteiger charge is 2.20. The molecule has 0 fully saturated rings. The lowest BCUT2D eigenvalue weighted by atomic mass is 10.3. The summed E-state index contributed by atoms with van der Waals surface area (Å²) in [5.74, 6) is 0.413. The first-order chi connectivity index (χ1) is 12.2. The summed E-state index contributed by atoms with van der Waals surface area (Å²) in [6.45, 7) is 2.84. The predicted octanol–water partition coefficient (Wildman–Crippen LogP) is 3.71. The van der Waals surface area contributed by atoms with E-state index in [4.69, 9.17) is 11.6 Å². The number of allylic oxidation sites excluding steroid dienone is 2. The number of thioether (sulfide) groups is 1. The molecule has 1 heterocycles. The maximum Gasteiger partial charge on any atom is 0.237 e. The molecule has 132 valence electrons. The van der Waals surface area contributed by atoms with Gasteiger partial charge in [0.05, 0.1) is 11.4 Å². The van der Waals surface area contributed by atoms with E-state index in [-0.39, 0.29) is 5.91 Å². The summed E-state index contributed by atoms with van der Waals surface area (Å²) in [7, 11) is 0. The van der Waals surface area contributed by atoms with Crippen LogP contribution in [0, 0.1) is 0 Å². The van der Waals surface area contributed by atoms with E-state index in [1.165, 1.54) is 11.8 Å². The molecule has 2 aromatic rings. The van der Waals surface area contributed by atoms with Gasteiger partial charge in [-0.1, -0.05) is 36.4 Å². The normalized spacial score (nSPS) is 13.8. The van der Waals surface area contributed by atoms with E-state index in [0.717, 1.165) is 43.6 Å². The largest absolute Gasteiger partial charge is 0.316 e. The maximum atomic E-state index is 12.7. The van der Waals surface area contributed by atoms with Gasteiger partial charge in [-0.2, -0.15) is 4.68 Å². The van der Waals surface area contributed by atoms with Crippen molar-refractivity contribution in [2.45, 2.75) is 37.8 Å². The first-order valence-electron chi connectivity index (χ1n) is 8.35. The van der Waals surface area contributed by atoms with Gasteiger partial charge in [-0.3, -0.25) is 4.79 Å². The van der Waals surface area contributed by atoms with Crippen LogP contribution in [0.4, 0.5) is 0 Å². The van der Waals surface area contributed by atoms with Crippen LogP contribution in [0.3, 0.4) is 0 Å². The van der Waals surface area contributed by atoms with Gasteiger partial charge in [-0.25, -0.2) is 0 Å². The number of aromatic nitrogens is 4. The number of halogens is 1. The third-order valence-corrected chi connectivity index (χ3v) is 5.10. The molecule has 8 heteroatoms. The van der Waals surface area contributed by atoms with Crippen LogP contribution >= 0.6 is 23.4 Å². The van der Waals surface area contributed by atoms with Crippen LogP contribution in [0.25, 0.3) is 5.69 Å². The molecule has 25 heavy (non-hydrogen) atoms. The van der Waals surface area contributed by atoms with Crippen molar-refractivity contribution >= 4 is 29.3 Å². The molecule has 1 aromatic heterocycles.